The van der Waals surface area contributed by atoms with Crippen LogP contribution in [0.3, 0.4) is 0 Å². The zero-order valence-electron chi connectivity index (χ0n) is 5.87. The minimum Gasteiger partial charge on any atom is -0.398 e. The molecule has 0 heterocycles. The van der Waals surface area contributed by atoms with Crippen molar-refractivity contribution >= 4 is 18.2 Å². The molecule has 0 aromatic heterocycles. The molecule has 56 valence electrons. The third kappa shape index (κ3) is 1.26. The number of nitrogens with one attached hydrogen (secondary N) is 1. The Bertz CT molecular complexity index is 294. The summed E-state index contributed by atoms with van der Waals surface area (Å²) >= 11 is 0. The van der Waals surface area contributed by atoms with Gasteiger partial charge in [0.15, 0.2) is 6.29 Å². The first-order valence-electron chi connectivity index (χ1n) is 3.13. The summed E-state index contributed by atoms with van der Waals surface area (Å²) in [6.45, 7) is 0. The van der Waals surface area contributed by atoms with Gasteiger partial charge in [0.2, 0.25) is 0 Å². The van der Waals surface area contributed by atoms with Gasteiger partial charge in [0.1, 0.15) is 0 Å². The number of carbonyl (C=O) groups excluding carboxylic acids is 1. The normalized spacial score (nSPS) is 9.09. The molecule has 0 aliphatic rings. The van der Waals surface area contributed by atoms with Crippen LogP contribution < -0.4 is 5.73 Å². The summed E-state index contributed by atoms with van der Waals surface area (Å²) in [5.74, 6) is 0. The van der Waals surface area contributed by atoms with Gasteiger partial charge in [0.05, 0.1) is 0 Å². The molecular weight excluding hydrogens is 140 g/mol. The summed E-state index contributed by atoms with van der Waals surface area (Å²) in [6.07, 6.45) is 1.77. The lowest BCUT2D eigenvalue weighted by Crippen LogP contribution is -1.97. The average Bonchev–Trinajstić information content (AvgIpc) is 2.04. The van der Waals surface area contributed by atoms with Crippen molar-refractivity contribution in [3.63, 3.8) is 0 Å². The summed E-state index contributed by atoms with van der Waals surface area (Å²) in [5.41, 5.74) is 6.91. The quantitative estimate of drug-likeness (QED) is 0.374. The van der Waals surface area contributed by atoms with Crippen LogP contribution in [-0.2, 0) is 0 Å². The number of anilines is 1. The van der Waals surface area contributed by atoms with Gasteiger partial charge in [0, 0.05) is 23.0 Å². The SMILES string of the molecule is N=Cc1c(N)cccc1C=O. The maximum absolute atomic E-state index is 10.4. The topological polar surface area (TPSA) is 66.9 Å². The van der Waals surface area contributed by atoms with E-state index in [-0.39, 0.29) is 0 Å². The Morgan fingerprint density at radius 1 is 1.45 bits per heavy atom. The third-order valence-corrected chi connectivity index (χ3v) is 1.44. The van der Waals surface area contributed by atoms with Gasteiger partial charge in [-0.15, -0.1) is 0 Å². The minimum absolute atomic E-state index is 0.458. The van der Waals surface area contributed by atoms with Crippen LogP contribution >= 0.6 is 0 Å². The highest BCUT2D eigenvalue weighted by Gasteiger charge is 2.00. The number of nitrogens with two attached hydrogens (primary N) is 1. The highest BCUT2D eigenvalue weighted by atomic mass is 16.1. The van der Waals surface area contributed by atoms with Crippen LogP contribution in [-0.4, -0.2) is 12.5 Å². The second-order valence-electron chi connectivity index (χ2n) is 2.11. The molecule has 0 bridgehead atoms. The number of hydrogen-bond donors (Lipinski definition) is 2. The summed E-state index contributed by atoms with van der Waals surface area (Å²) in [7, 11) is 0. The van der Waals surface area contributed by atoms with Crippen molar-refractivity contribution in [2.24, 2.45) is 0 Å². The molecule has 0 amide bonds. The van der Waals surface area contributed by atoms with Crippen LogP contribution in [0.4, 0.5) is 5.69 Å². The lowest BCUT2D eigenvalue weighted by atomic mass is 10.1. The molecule has 11 heavy (non-hydrogen) atoms. The predicted octanol–water partition coefficient (Wildman–Crippen LogP) is 1.08. The van der Waals surface area contributed by atoms with Crippen molar-refractivity contribution in [3.8, 4) is 0 Å². The van der Waals surface area contributed by atoms with Crippen molar-refractivity contribution in [1.82, 2.24) is 0 Å². The zero-order chi connectivity index (χ0) is 8.27. The van der Waals surface area contributed by atoms with Gasteiger partial charge < -0.3 is 11.1 Å². The van der Waals surface area contributed by atoms with Gasteiger partial charge in [-0.1, -0.05) is 12.1 Å². The molecule has 0 saturated heterocycles. The molecule has 0 radical (unpaired) electrons. The van der Waals surface area contributed by atoms with Crippen LogP contribution in [0.1, 0.15) is 15.9 Å². The molecule has 1 aromatic carbocycles. The summed E-state index contributed by atoms with van der Waals surface area (Å²) < 4.78 is 0. The molecule has 1 rings (SSSR count). The Balaban J connectivity index is 3.35. The average molecular weight is 148 g/mol. The molecule has 0 fully saturated rings. The highest BCUT2D eigenvalue weighted by molar-refractivity contribution is 5.96. The monoisotopic (exact) mass is 148 g/mol. The van der Waals surface area contributed by atoms with E-state index >= 15 is 0 Å². The first-order chi connectivity index (χ1) is 5.29. The molecule has 3 nitrogen and oxygen atoms in total. The van der Waals surface area contributed by atoms with Crippen LogP contribution in [0.2, 0.25) is 0 Å². The van der Waals surface area contributed by atoms with Crippen LogP contribution in [0.15, 0.2) is 18.2 Å². The molecular formula is C8H8N2O. The number of hydrogen-bond acceptors (Lipinski definition) is 3. The molecule has 3 heteroatoms. The van der Waals surface area contributed by atoms with E-state index in [4.69, 9.17) is 11.1 Å². The standard InChI is InChI=1S/C8H8N2O/c9-4-7-6(5-11)2-1-3-8(7)10/h1-5,9H,10H2. The van der Waals surface area contributed by atoms with Crippen molar-refractivity contribution in [2.75, 3.05) is 5.73 Å². The Labute approximate surface area is 64.3 Å². The van der Waals surface area contributed by atoms with E-state index in [0.717, 1.165) is 6.21 Å². The van der Waals surface area contributed by atoms with Crippen molar-refractivity contribution in [2.45, 2.75) is 0 Å². The van der Waals surface area contributed by atoms with E-state index in [1.165, 1.54) is 0 Å². The van der Waals surface area contributed by atoms with Gasteiger partial charge >= 0.3 is 0 Å². The predicted molar refractivity (Wildman–Crippen MR) is 44.1 cm³/mol. The number of rotatable bonds is 2. The molecule has 1 aromatic rings. The summed E-state index contributed by atoms with van der Waals surface area (Å²) in [6, 6.07) is 4.98. The lowest BCUT2D eigenvalue weighted by Gasteiger charge is -2.00. The van der Waals surface area contributed by atoms with E-state index < -0.39 is 0 Å². The van der Waals surface area contributed by atoms with Gasteiger partial charge in [0.25, 0.3) is 0 Å². The van der Waals surface area contributed by atoms with E-state index in [1.807, 2.05) is 0 Å². The molecule has 3 N–H and O–H groups in total. The van der Waals surface area contributed by atoms with E-state index in [0.29, 0.717) is 23.1 Å². The zero-order valence-corrected chi connectivity index (χ0v) is 5.87. The number of benzene rings is 1. The first-order valence-corrected chi connectivity index (χ1v) is 3.13. The van der Waals surface area contributed by atoms with Gasteiger partial charge in [-0.05, 0) is 6.07 Å². The third-order valence-electron chi connectivity index (χ3n) is 1.44. The van der Waals surface area contributed by atoms with E-state index in [9.17, 15) is 4.79 Å². The van der Waals surface area contributed by atoms with Crippen LogP contribution in [0, 0.1) is 5.41 Å². The largest absolute Gasteiger partial charge is 0.398 e. The van der Waals surface area contributed by atoms with Crippen LogP contribution in [0.25, 0.3) is 0 Å². The molecule has 0 aliphatic heterocycles. The Morgan fingerprint density at radius 3 is 2.64 bits per heavy atom. The molecule has 0 saturated carbocycles. The molecule has 0 spiro atoms. The summed E-state index contributed by atoms with van der Waals surface area (Å²) in [5, 5.41) is 6.96. The molecule has 0 aliphatic carbocycles. The van der Waals surface area contributed by atoms with Crippen molar-refractivity contribution in [1.29, 1.82) is 5.41 Å². The van der Waals surface area contributed by atoms with Crippen molar-refractivity contribution < 1.29 is 4.79 Å². The summed E-state index contributed by atoms with van der Waals surface area (Å²) in [4.78, 5) is 10.4. The maximum Gasteiger partial charge on any atom is 0.150 e. The van der Waals surface area contributed by atoms with Gasteiger partial charge in [-0.3, -0.25) is 4.79 Å². The number of carbonyl (C=O) groups is 1. The lowest BCUT2D eigenvalue weighted by molar-refractivity contribution is 0.112. The first kappa shape index (κ1) is 7.47. The Morgan fingerprint density at radius 2 is 2.18 bits per heavy atom. The minimum atomic E-state index is 0.458. The number of aldehydes is 1. The smallest absolute Gasteiger partial charge is 0.150 e. The second kappa shape index (κ2) is 2.96. The highest BCUT2D eigenvalue weighted by Crippen LogP contribution is 2.12. The number of nitrogen functional groups attached to an aromatic ring is 1. The fraction of sp³-hybridized carbons (Fsp3) is 0. The van der Waals surface area contributed by atoms with Crippen molar-refractivity contribution in [3.05, 3.63) is 29.3 Å². The maximum atomic E-state index is 10.4. The second-order valence-corrected chi connectivity index (χ2v) is 2.11. The van der Waals surface area contributed by atoms with Gasteiger partial charge in [-0.2, -0.15) is 0 Å². The van der Waals surface area contributed by atoms with Crippen LogP contribution in [0.5, 0.6) is 0 Å². The fourth-order valence-electron chi connectivity index (χ4n) is 0.871. The van der Waals surface area contributed by atoms with E-state index in [2.05, 4.69) is 0 Å². The van der Waals surface area contributed by atoms with E-state index in [1.54, 1.807) is 18.2 Å². The Kier molecular flexibility index (Phi) is 2.01. The fourth-order valence-corrected chi connectivity index (χ4v) is 0.871. The van der Waals surface area contributed by atoms with Gasteiger partial charge in [-0.25, -0.2) is 0 Å². The molecule has 0 atom stereocenters. The Hall–Kier alpha value is -1.64. The molecule has 0 unspecified atom stereocenters.